The summed E-state index contributed by atoms with van der Waals surface area (Å²) in [5, 5.41) is 20.5. The van der Waals surface area contributed by atoms with Crippen molar-refractivity contribution in [2.75, 3.05) is 0 Å². The van der Waals surface area contributed by atoms with E-state index in [0.29, 0.717) is 11.0 Å². The van der Waals surface area contributed by atoms with Gasteiger partial charge in [-0.25, -0.2) is 0 Å². The zero-order chi connectivity index (χ0) is 15.4. The molecule has 2 N–H and O–H groups in total. The molecule has 0 saturated heterocycles. The molecule has 0 saturated carbocycles. The van der Waals surface area contributed by atoms with E-state index in [1.54, 1.807) is 36.7 Å². The summed E-state index contributed by atoms with van der Waals surface area (Å²) in [4.78, 5) is 8.06. The van der Waals surface area contributed by atoms with E-state index in [9.17, 15) is 10.2 Å². The third-order valence-electron chi connectivity index (χ3n) is 3.22. The third-order valence-corrected chi connectivity index (χ3v) is 3.22. The van der Waals surface area contributed by atoms with Gasteiger partial charge in [0.05, 0.1) is 0 Å². The van der Waals surface area contributed by atoms with Gasteiger partial charge in [-0.2, -0.15) is 0 Å². The maximum Gasteiger partial charge on any atom is 0.141 e. The van der Waals surface area contributed by atoms with Gasteiger partial charge in [0, 0.05) is 39.9 Å². The van der Waals surface area contributed by atoms with Crippen molar-refractivity contribution in [3.8, 4) is 11.5 Å². The number of pyridine rings is 2. The second kappa shape index (κ2) is 7.58. The van der Waals surface area contributed by atoms with Gasteiger partial charge in [-0.3, -0.25) is 9.97 Å². The van der Waals surface area contributed by atoms with E-state index >= 15 is 0 Å². The molecule has 0 bridgehead atoms. The van der Waals surface area contributed by atoms with Crippen molar-refractivity contribution in [3.05, 3.63) is 73.1 Å². The monoisotopic (exact) mass is 349 g/mol. The number of aromatic nitrogens is 2. The Labute approximate surface area is 143 Å². The SMILES string of the molecule is Oc1cccc2cccnc12.Oc1cccc2cccnc12.[Co]. The first-order valence-electron chi connectivity index (χ1n) is 6.81. The number of hydrogen-bond acceptors (Lipinski definition) is 4. The number of phenolic OH excluding ortho intramolecular Hbond substituents is 2. The number of phenols is 2. The van der Waals surface area contributed by atoms with Crippen LogP contribution in [0.2, 0.25) is 0 Å². The number of fused-ring (bicyclic) bond motifs is 2. The van der Waals surface area contributed by atoms with E-state index in [4.69, 9.17) is 0 Å². The van der Waals surface area contributed by atoms with Crippen molar-refractivity contribution in [2.45, 2.75) is 0 Å². The summed E-state index contributed by atoms with van der Waals surface area (Å²) in [6, 6.07) is 18.3. The molecule has 23 heavy (non-hydrogen) atoms. The van der Waals surface area contributed by atoms with Gasteiger partial charge < -0.3 is 10.2 Å². The van der Waals surface area contributed by atoms with Gasteiger partial charge in [0.25, 0.3) is 0 Å². The first kappa shape index (κ1) is 16.7. The van der Waals surface area contributed by atoms with E-state index in [-0.39, 0.29) is 28.3 Å². The summed E-state index contributed by atoms with van der Waals surface area (Å²) in [7, 11) is 0. The van der Waals surface area contributed by atoms with Crippen LogP contribution in [0.5, 0.6) is 11.5 Å². The zero-order valence-electron chi connectivity index (χ0n) is 12.1. The quantitative estimate of drug-likeness (QED) is 0.506. The normalized spacial score (nSPS) is 9.74. The molecule has 117 valence electrons. The molecule has 2 aromatic heterocycles. The smallest absolute Gasteiger partial charge is 0.141 e. The van der Waals surface area contributed by atoms with Crippen LogP contribution in [0.4, 0.5) is 0 Å². The molecule has 0 amide bonds. The number of benzene rings is 2. The van der Waals surface area contributed by atoms with Crippen LogP contribution in [0.15, 0.2) is 73.1 Å². The van der Waals surface area contributed by atoms with E-state index in [0.717, 1.165) is 10.8 Å². The fourth-order valence-corrected chi connectivity index (χ4v) is 2.18. The summed E-state index contributed by atoms with van der Waals surface area (Å²) < 4.78 is 0. The second-order valence-corrected chi connectivity index (χ2v) is 4.70. The average molecular weight is 349 g/mol. The van der Waals surface area contributed by atoms with Crippen LogP contribution in [-0.4, -0.2) is 20.2 Å². The first-order chi connectivity index (χ1) is 10.8. The van der Waals surface area contributed by atoms with Gasteiger partial charge >= 0.3 is 0 Å². The minimum atomic E-state index is 0. The number of rotatable bonds is 0. The fourth-order valence-electron chi connectivity index (χ4n) is 2.18. The molecule has 4 nitrogen and oxygen atoms in total. The molecule has 0 atom stereocenters. The molecule has 4 rings (SSSR count). The molecule has 5 heteroatoms. The molecule has 0 unspecified atom stereocenters. The van der Waals surface area contributed by atoms with Crippen LogP contribution in [0.25, 0.3) is 21.8 Å². The van der Waals surface area contributed by atoms with E-state index < -0.39 is 0 Å². The predicted octanol–water partition coefficient (Wildman–Crippen LogP) is 3.88. The molecule has 0 aliphatic carbocycles. The van der Waals surface area contributed by atoms with Gasteiger partial charge in [0.15, 0.2) is 0 Å². The van der Waals surface area contributed by atoms with Crippen LogP contribution in [0.1, 0.15) is 0 Å². The van der Waals surface area contributed by atoms with Crippen molar-refractivity contribution < 1.29 is 27.0 Å². The molecule has 0 aliphatic heterocycles. The first-order valence-corrected chi connectivity index (χ1v) is 6.81. The fraction of sp³-hybridized carbons (Fsp3) is 0. The predicted molar refractivity (Wildman–Crippen MR) is 86.8 cm³/mol. The van der Waals surface area contributed by atoms with E-state index in [1.807, 2.05) is 36.4 Å². The number of nitrogens with zero attached hydrogens (tertiary/aromatic N) is 2. The minimum absolute atomic E-state index is 0. The number of para-hydroxylation sites is 2. The molecule has 4 aromatic rings. The van der Waals surface area contributed by atoms with E-state index in [2.05, 4.69) is 9.97 Å². The van der Waals surface area contributed by atoms with Gasteiger partial charge in [0.2, 0.25) is 0 Å². The van der Waals surface area contributed by atoms with Gasteiger partial charge in [0.1, 0.15) is 22.5 Å². The Morgan fingerprint density at radius 3 is 1.35 bits per heavy atom. The number of hydrogen-bond donors (Lipinski definition) is 2. The molecular weight excluding hydrogens is 335 g/mol. The summed E-state index contributed by atoms with van der Waals surface area (Å²) in [6.07, 6.45) is 3.34. The Bertz CT molecular complexity index is 841. The number of aromatic hydroxyl groups is 2. The maximum absolute atomic E-state index is 9.31. The molecule has 1 radical (unpaired) electrons. The second-order valence-electron chi connectivity index (χ2n) is 4.70. The zero-order valence-corrected chi connectivity index (χ0v) is 13.1. The summed E-state index contributed by atoms with van der Waals surface area (Å²) in [5.41, 5.74) is 1.32. The Hall–Kier alpha value is -2.63. The average Bonchev–Trinajstić information content (AvgIpc) is 2.57. The molecule has 0 spiro atoms. The molecule has 2 aromatic carbocycles. The Balaban J connectivity index is 0.000000160. The van der Waals surface area contributed by atoms with E-state index in [1.165, 1.54) is 0 Å². The van der Waals surface area contributed by atoms with Crippen molar-refractivity contribution in [2.24, 2.45) is 0 Å². The summed E-state index contributed by atoms with van der Waals surface area (Å²) in [5.74, 6) is 0.478. The van der Waals surface area contributed by atoms with Crippen molar-refractivity contribution in [1.29, 1.82) is 0 Å². The van der Waals surface area contributed by atoms with Crippen molar-refractivity contribution in [1.82, 2.24) is 9.97 Å². The molecule has 2 heterocycles. The standard InChI is InChI=1S/2C9H7NO.Co/c2*11-8-5-1-3-7-4-2-6-10-9(7)8;/h2*1-6,11H;. The summed E-state index contributed by atoms with van der Waals surface area (Å²) in [6.45, 7) is 0. The summed E-state index contributed by atoms with van der Waals surface area (Å²) >= 11 is 0. The largest absolute Gasteiger partial charge is 0.506 e. The Kier molecular flexibility index (Phi) is 5.51. The topological polar surface area (TPSA) is 66.2 Å². The van der Waals surface area contributed by atoms with Crippen LogP contribution in [0.3, 0.4) is 0 Å². The Morgan fingerprint density at radius 2 is 0.957 bits per heavy atom. The van der Waals surface area contributed by atoms with Gasteiger partial charge in [-0.05, 0) is 24.3 Å². The molecule has 0 fully saturated rings. The van der Waals surface area contributed by atoms with Crippen LogP contribution >= 0.6 is 0 Å². The molecule has 0 aliphatic rings. The molecular formula is C18H14CoN2O2. The Morgan fingerprint density at radius 1 is 0.565 bits per heavy atom. The minimum Gasteiger partial charge on any atom is -0.506 e. The van der Waals surface area contributed by atoms with Crippen molar-refractivity contribution >= 4 is 21.8 Å². The van der Waals surface area contributed by atoms with Gasteiger partial charge in [-0.1, -0.05) is 36.4 Å². The van der Waals surface area contributed by atoms with Crippen LogP contribution in [-0.2, 0) is 16.8 Å². The van der Waals surface area contributed by atoms with Crippen LogP contribution < -0.4 is 0 Å². The maximum atomic E-state index is 9.31. The third kappa shape index (κ3) is 3.77. The van der Waals surface area contributed by atoms with Crippen molar-refractivity contribution in [3.63, 3.8) is 0 Å². The van der Waals surface area contributed by atoms with Crippen LogP contribution in [0, 0.1) is 0 Å². The van der Waals surface area contributed by atoms with Gasteiger partial charge in [-0.15, -0.1) is 0 Å².